The van der Waals surface area contributed by atoms with E-state index < -0.39 is 0 Å². The molecule has 2 aromatic rings. The minimum absolute atomic E-state index is 0.505. The van der Waals surface area contributed by atoms with Crippen LogP contribution in [0.1, 0.15) is 43.4 Å². The Morgan fingerprint density at radius 1 is 1.04 bits per heavy atom. The summed E-state index contributed by atoms with van der Waals surface area (Å²) in [6, 6.07) is 3.33. The van der Waals surface area contributed by atoms with Gasteiger partial charge in [-0.2, -0.15) is 0 Å². The maximum atomic E-state index is 5.46. The summed E-state index contributed by atoms with van der Waals surface area (Å²) >= 11 is 0. The van der Waals surface area contributed by atoms with E-state index in [1.165, 1.54) is 62.1 Å². The van der Waals surface area contributed by atoms with E-state index in [4.69, 9.17) is 19.4 Å². The number of rotatable bonds is 5. The number of nitrogens with one attached hydrogen (secondary N) is 1. The normalized spacial score (nSPS) is 20.7. The summed E-state index contributed by atoms with van der Waals surface area (Å²) in [5, 5.41) is 3.87. The van der Waals surface area contributed by atoms with Crippen LogP contribution in [0.25, 0.3) is 11.0 Å². The van der Waals surface area contributed by atoms with E-state index in [-0.39, 0.29) is 0 Å². The molecule has 1 saturated heterocycles. The molecule has 27 heavy (non-hydrogen) atoms. The van der Waals surface area contributed by atoms with Crippen molar-refractivity contribution in [3.63, 3.8) is 0 Å². The van der Waals surface area contributed by atoms with Crippen LogP contribution in [0.4, 0.5) is 5.69 Å². The number of ether oxygens (including phenoxy) is 2. The molecule has 2 fully saturated rings. The Kier molecular flexibility index (Phi) is 4.31. The summed E-state index contributed by atoms with van der Waals surface area (Å²) in [6.45, 7) is 2.41. The number of likely N-dealkylation sites (tertiary alicyclic amines) is 1. The topological polar surface area (TPSA) is 59.5 Å². The number of aromatic nitrogens is 2. The number of fused-ring (bicyclic) bond motifs is 2. The fraction of sp³-hybridized carbons (Fsp3) is 0.619. The number of anilines is 1. The lowest BCUT2D eigenvalue weighted by atomic mass is 10.0. The van der Waals surface area contributed by atoms with Crippen LogP contribution in [-0.2, 0) is 12.8 Å². The first kappa shape index (κ1) is 17.0. The first-order valence-corrected chi connectivity index (χ1v) is 10.2. The molecule has 0 amide bonds. The molecule has 0 bridgehead atoms. The van der Waals surface area contributed by atoms with Gasteiger partial charge in [0, 0.05) is 36.9 Å². The van der Waals surface area contributed by atoms with Gasteiger partial charge >= 0.3 is 0 Å². The number of pyridine rings is 2. The highest BCUT2D eigenvalue weighted by Crippen LogP contribution is 2.38. The summed E-state index contributed by atoms with van der Waals surface area (Å²) in [7, 11) is 3.28. The first-order valence-electron chi connectivity index (χ1n) is 10.2. The number of piperidine rings is 1. The second-order valence-electron chi connectivity index (χ2n) is 8.02. The number of hydrogen-bond acceptors (Lipinski definition) is 6. The highest BCUT2D eigenvalue weighted by molar-refractivity contribution is 5.92. The Bertz CT molecular complexity index is 857. The highest BCUT2D eigenvalue weighted by Gasteiger charge is 2.32. The van der Waals surface area contributed by atoms with Gasteiger partial charge in [0.05, 0.1) is 25.4 Å². The van der Waals surface area contributed by atoms with Gasteiger partial charge < -0.3 is 19.7 Å². The van der Waals surface area contributed by atoms with E-state index >= 15 is 0 Å². The van der Waals surface area contributed by atoms with Gasteiger partial charge in [-0.15, -0.1) is 0 Å². The van der Waals surface area contributed by atoms with E-state index in [9.17, 15) is 0 Å². The van der Waals surface area contributed by atoms with Crippen molar-refractivity contribution in [1.82, 2.24) is 14.9 Å². The molecule has 0 spiro atoms. The molecule has 0 radical (unpaired) electrons. The Labute approximate surface area is 160 Å². The zero-order valence-corrected chi connectivity index (χ0v) is 16.3. The predicted octanol–water partition coefficient (Wildman–Crippen LogP) is 3.17. The van der Waals surface area contributed by atoms with Crippen molar-refractivity contribution >= 4 is 16.7 Å². The summed E-state index contributed by atoms with van der Waals surface area (Å²) in [5.74, 6) is 1.16. The number of aryl methyl sites for hydroxylation is 1. The van der Waals surface area contributed by atoms with Crippen molar-refractivity contribution in [3.05, 3.63) is 17.3 Å². The fourth-order valence-corrected chi connectivity index (χ4v) is 4.65. The van der Waals surface area contributed by atoms with Gasteiger partial charge in [0.2, 0.25) is 0 Å². The third kappa shape index (κ3) is 3.10. The lowest BCUT2D eigenvalue weighted by Crippen LogP contribution is -2.40. The molecule has 6 nitrogen and oxygen atoms in total. The molecule has 1 saturated carbocycles. The van der Waals surface area contributed by atoms with Crippen LogP contribution >= 0.6 is 0 Å². The molecule has 0 unspecified atom stereocenters. The molecule has 5 rings (SSSR count). The number of hydrogen-bond donors (Lipinski definition) is 1. The van der Waals surface area contributed by atoms with Crippen molar-refractivity contribution in [2.75, 3.05) is 32.6 Å². The third-order valence-electron chi connectivity index (χ3n) is 6.27. The highest BCUT2D eigenvalue weighted by atomic mass is 16.5. The molecular formula is C21H28N4O2. The molecule has 144 valence electrons. The molecule has 3 aliphatic rings. The van der Waals surface area contributed by atoms with Crippen LogP contribution in [-0.4, -0.2) is 54.3 Å². The third-order valence-corrected chi connectivity index (χ3v) is 6.27. The molecule has 6 heteroatoms. The van der Waals surface area contributed by atoms with Gasteiger partial charge in [0.15, 0.2) is 5.75 Å². The molecule has 3 heterocycles. The Balaban J connectivity index is 1.50. The van der Waals surface area contributed by atoms with E-state index in [0.29, 0.717) is 17.7 Å². The van der Waals surface area contributed by atoms with Gasteiger partial charge in [-0.25, -0.2) is 4.98 Å². The average molecular weight is 368 g/mol. The van der Waals surface area contributed by atoms with Crippen LogP contribution in [0.2, 0.25) is 0 Å². The summed E-state index contributed by atoms with van der Waals surface area (Å²) in [6.07, 6.45) is 8.48. The predicted molar refractivity (Wildman–Crippen MR) is 106 cm³/mol. The van der Waals surface area contributed by atoms with Crippen molar-refractivity contribution in [2.45, 2.75) is 57.0 Å². The average Bonchev–Trinajstić information content (AvgIpc) is 3.45. The van der Waals surface area contributed by atoms with Gasteiger partial charge in [-0.05, 0) is 50.5 Å². The van der Waals surface area contributed by atoms with Crippen LogP contribution < -0.4 is 14.8 Å². The lowest BCUT2D eigenvalue weighted by molar-refractivity contribution is 0.210. The van der Waals surface area contributed by atoms with Crippen LogP contribution in [0.3, 0.4) is 0 Å². The molecule has 2 aromatic heterocycles. The first-order chi connectivity index (χ1) is 13.3. The SMILES string of the molecule is COc1cc2nc3c(c(NC4CCN(C5CC5)CC4)c2nc1OC)CCC3. The van der Waals surface area contributed by atoms with Crippen molar-refractivity contribution in [2.24, 2.45) is 0 Å². The minimum atomic E-state index is 0.505. The maximum absolute atomic E-state index is 5.46. The van der Waals surface area contributed by atoms with Crippen molar-refractivity contribution in [3.8, 4) is 11.6 Å². The van der Waals surface area contributed by atoms with E-state index in [1.807, 2.05) is 6.07 Å². The second-order valence-corrected chi connectivity index (χ2v) is 8.02. The molecule has 1 N–H and O–H groups in total. The largest absolute Gasteiger partial charge is 0.491 e. The molecular weight excluding hydrogens is 340 g/mol. The zero-order chi connectivity index (χ0) is 18.4. The number of nitrogens with zero attached hydrogens (tertiary/aromatic N) is 3. The second kappa shape index (κ2) is 6.82. The van der Waals surface area contributed by atoms with Gasteiger partial charge in [-0.1, -0.05) is 0 Å². The minimum Gasteiger partial charge on any atom is -0.491 e. The quantitative estimate of drug-likeness (QED) is 0.875. The smallest absolute Gasteiger partial charge is 0.257 e. The van der Waals surface area contributed by atoms with Gasteiger partial charge in [0.25, 0.3) is 5.88 Å². The van der Waals surface area contributed by atoms with Crippen LogP contribution in [0.5, 0.6) is 11.6 Å². The molecule has 1 aliphatic heterocycles. The Hall–Kier alpha value is -2.08. The lowest BCUT2D eigenvalue weighted by Gasteiger charge is -2.33. The molecule has 0 atom stereocenters. The monoisotopic (exact) mass is 368 g/mol. The van der Waals surface area contributed by atoms with Gasteiger partial charge in [-0.3, -0.25) is 4.98 Å². The zero-order valence-electron chi connectivity index (χ0n) is 16.3. The maximum Gasteiger partial charge on any atom is 0.257 e. The summed E-state index contributed by atoms with van der Waals surface area (Å²) < 4.78 is 10.9. The van der Waals surface area contributed by atoms with E-state index in [1.54, 1.807) is 14.2 Å². The van der Waals surface area contributed by atoms with E-state index in [0.717, 1.165) is 29.9 Å². The summed E-state index contributed by atoms with van der Waals surface area (Å²) in [4.78, 5) is 12.3. The van der Waals surface area contributed by atoms with Crippen molar-refractivity contribution in [1.29, 1.82) is 0 Å². The van der Waals surface area contributed by atoms with E-state index in [2.05, 4.69) is 10.2 Å². The molecule has 0 aromatic carbocycles. The van der Waals surface area contributed by atoms with Crippen molar-refractivity contribution < 1.29 is 9.47 Å². The van der Waals surface area contributed by atoms with Crippen LogP contribution in [0.15, 0.2) is 6.07 Å². The number of methoxy groups -OCH3 is 2. The summed E-state index contributed by atoms with van der Waals surface area (Å²) in [5.41, 5.74) is 5.56. The fourth-order valence-electron chi connectivity index (χ4n) is 4.65. The Morgan fingerprint density at radius 2 is 1.85 bits per heavy atom. The Morgan fingerprint density at radius 3 is 2.56 bits per heavy atom. The van der Waals surface area contributed by atoms with Gasteiger partial charge in [0.1, 0.15) is 5.52 Å². The molecule has 2 aliphatic carbocycles. The standard InChI is InChI=1S/C21H28N4O2/c1-26-18-12-17-20(24-21(18)27-2)19(15-4-3-5-16(15)23-17)22-13-8-10-25(11-9-13)14-6-7-14/h12-14H,3-11H2,1-2H3,(H,22,23). The van der Waals surface area contributed by atoms with Crippen LogP contribution in [0, 0.1) is 0 Å².